The van der Waals surface area contributed by atoms with Crippen LogP contribution in [0.25, 0.3) is 11.1 Å². The lowest BCUT2D eigenvalue weighted by molar-refractivity contribution is 0.0783. The number of H-pyrrole nitrogens is 1. The number of carbonyl (C=O) groups is 1. The van der Waals surface area contributed by atoms with Crippen LogP contribution < -0.4 is 0 Å². The zero-order valence-corrected chi connectivity index (χ0v) is 13.2. The molecule has 2 heterocycles. The Bertz CT molecular complexity index is 862. The Kier molecular flexibility index (Phi) is 3.60. The SMILES string of the molecule is Cc1nc(CN(C)C(=O)c2ccc3[nH]c(=S)oc3c2)cs1. The number of benzene rings is 1. The maximum absolute atomic E-state index is 12.4. The highest BCUT2D eigenvalue weighted by molar-refractivity contribution is 7.71. The maximum atomic E-state index is 12.4. The average molecular weight is 319 g/mol. The summed E-state index contributed by atoms with van der Waals surface area (Å²) < 4.78 is 5.34. The van der Waals surface area contributed by atoms with E-state index >= 15 is 0 Å². The fourth-order valence-corrected chi connectivity index (χ4v) is 2.90. The first-order valence-corrected chi connectivity index (χ1v) is 7.61. The van der Waals surface area contributed by atoms with Crippen LogP contribution in [0.3, 0.4) is 0 Å². The number of aromatic nitrogens is 2. The lowest BCUT2D eigenvalue weighted by Gasteiger charge is -2.15. The van der Waals surface area contributed by atoms with E-state index in [0.29, 0.717) is 22.5 Å². The summed E-state index contributed by atoms with van der Waals surface area (Å²) in [5.41, 5.74) is 2.83. The van der Waals surface area contributed by atoms with Crippen molar-refractivity contribution in [2.45, 2.75) is 13.5 Å². The molecule has 1 aromatic carbocycles. The van der Waals surface area contributed by atoms with Crippen molar-refractivity contribution in [1.29, 1.82) is 0 Å². The van der Waals surface area contributed by atoms with Crippen LogP contribution in [0.5, 0.6) is 0 Å². The molecule has 3 aromatic rings. The van der Waals surface area contributed by atoms with Gasteiger partial charge in [-0.25, -0.2) is 4.98 Å². The van der Waals surface area contributed by atoms with Gasteiger partial charge in [0.15, 0.2) is 5.58 Å². The fourth-order valence-electron chi connectivity index (χ4n) is 2.09. The predicted octanol–water partition coefficient (Wildman–Crippen LogP) is 3.53. The van der Waals surface area contributed by atoms with Crippen molar-refractivity contribution < 1.29 is 9.21 Å². The number of rotatable bonds is 3. The van der Waals surface area contributed by atoms with Crippen molar-refractivity contribution in [3.63, 3.8) is 0 Å². The molecule has 0 fully saturated rings. The van der Waals surface area contributed by atoms with Crippen molar-refractivity contribution in [2.24, 2.45) is 0 Å². The Hall–Kier alpha value is -1.99. The van der Waals surface area contributed by atoms with E-state index in [-0.39, 0.29) is 5.91 Å². The zero-order valence-electron chi connectivity index (χ0n) is 11.5. The maximum Gasteiger partial charge on any atom is 0.266 e. The van der Waals surface area contributed by atoms with E-state index in [9.17, 15) is 4.79 Å². The molecule has 7 heteroatoms. The molecule has 0 aliphatic carbocycles. The Morgan fingerprint density at radius 1 is 1.52 bits per heavy atom. The molecule has 0 saturated heterocycles. The van der Waals surface area contributed by atoms with E-state index in [0.717, 1.165) is 16.2 Å². The molecule has 21 heavy (non-hydrogen) atoms. The van der Waals surface area contributed by atoms with Gasteiger partial charge in [0.05, 0.1) is 22.8 Å². The van der Waals surface area contributed by atoms with Crippen molar-refractivity contribution >= 4 is 40.6 Å². The van der Waals surface area contributed by atoms with Gasteiger partial charge in [-0.15, -0.1) is 11.3 Å². The number of oxazole rings is 1. The Labute approximate surface area is 130 Å². The van der Waals surface area contributed by atoms with Crippen LogP contribution in [0, 0.1) is 11.8 Å². The molecule has 2 aromatic heterocycles. The summed E-state index contributed by atoms with van der Waals surface area (Å²) in [6.07, 6.45) is 0. The highest BCUT2D eigenvalue weighted by atomic mass is 32.1. The van der Waals surface area contributed by atoms with Gasteiger partial charge in [0, 0.05) is 18.0 Å². The van der Waals surface area contributed by atoms with Crippen LogP contribution in [0.1, 0.15) is 21.1 Å². The number of nitrogens with zero attached hydrogens (tertiary/aromatic N) is 2. The average Bonchev–Trinajstić information content (AvgIpc) is 3.01. The number of fused-ring (bicyclic) bond motifs is 1. The van der Waals surface area contributed by atoms with E-state index in [1.165, 1.54) is 0 Å². The molecular weight excluding hydrogens is 306 g/mol. The van der Waals surface area contributed by atoms with Crippen LogP contribution >= 0.6 is 23.6 Å². The van der Waals surface area contributed by atoms with Gasteiger partial charge >= 0.3 is 0 Å². The summed E-state index contributed by atoms with van der Waals surface area (Å²) >= 11 is 6.52. The molecule has 0 atom stereocenters. The number of aromatic amines is 1. The predicted molar refractivity (Wildman–Crippen MR) is 84.0 cm³/mol. The van der Waals surface area contributed by atoms with Crippen LogP contribution in [-0.4, -0.2) is 27.8 Å². The first kappa shape index (κ1) is 14.0. The molecule has 108 valence electrons. The van der Waals surface area contributed by atoms with Crippen molar-refractivity contribution in [1.82, 2.24) is 14.9 Å². The molecule has 0 aliphatic rings. The number of hydrogen-bond acceptors (Lipinski definition) is 5. The summed E-state index contributed by atoms with van der Waals surface area (Å²) in [5, 5.41) is 2.96. The molecule has 5 nitrogen and oxygen atoms in total. The van der Waals surface area contributed by atoms with E-state index in [2.05, 4.69) is 9.97 Å². The molecule has 0 radical (unpaired) electrons. The highest BCUT2D eigenvalue weighted by Gasteiger charge is 2.14. The number of nitrogens with one attached hydrogen (secondary N) is 1. The van der Waals surface area contributed by atoms with Gasteiger partial charge < -0.3 is 14.3 Å². The number of carbonyl (C=O) groups excluding carboxylic acids is 1. The summed E-state index contributed by atoms with van der Waals surface area (Å²) in [6.45, 7) is 2.43. The van der Waals surface area contributed by atoms with Crippen LogP contribution in [0.15, 0.2) is 28.0 Å². The third kappa shape index (κ3) is 2.88. The molecule has 1 N–H and O–H groups in total. The minimum atomic E-state index is -0.0788. The first-order valence-electron chi connectivity index (χ1n) is 6.32. The molecule has 0 aliphatic heterocycles. The molecule has 0 unspecified atom stereocenters. The van der Waals surface area contributed by atoms with Gasteiger partial charge in [-0.3, -0.25) is 4.79 Å². The Balaban J connectivity index is 1.83. The van der Waals surface area contributed by atoms with E-state index < -0.39 is 0 Å². The number of thiazole rings is 1. The largest absolute Gasteiger partial charge is 0.429 e. The van der Waals surface area contributed by atoms with Gasteiger partial charge in [0.2, 0.25) is 0 Å². The topological polar surface area (TPSA) is 62.1 Å². The highest BCUT2D eigenvalue weighted by Crippen LogP contribution is 2.17. The Morgan fingerprint density at radius 3 is 3.05 bits per heavy atom. The second kappa shape index (κ2) is 5.42. The second-order valence-corrected chi connectivity index (χ2v) is 6.18. The third-order valence-corrected chi connectivity index (χ3v) is 4.09. The normalized spacial score (nSPS) is 11.0. The summed E-state index contributed by atoms with van der Waals surface area (Å²) in [5.74, 6) is -0.0788. The quantitative estimate of drug-likeness (QED) is 0.750. The van der Waals surface area contributed by atoms with Crippen molar-refractivity contribution in [3.8, 4) is 0 Å². The van der Waals surface area contributed by atoms with E-state index in [1.807, 2.05) is 12.3 Å². The number of amides is 1. The number of aryl methyl sites for hydroxylation is 1. The van der Waals surface area contributed by atoms with Crippen molar-refractivity contribution in [3.05, 3.63) is 44.7 Å². The Morgan fingerprint density at radius 2 is 2.33 bits per heavy atom. The lowest BCUT2D eigenvalue weighted by Crippen LogP contribution is -2.26. The van der Waals surface area contributed by atoms with Gasteiger partial charge in [0.1, 0.15) is 0 Å². The van der Waals surface area contributed by atoms with Crippen LogP contribution in [0.2, 0.25) is 0 Å². The van der Waals surface area contributed by atoms with Gasteiger partial charge in [-0.05, 0) is 37.3 Å². The second-order valence-electron chi connectivity index (χ2n) is 4.74. The summed E-state index contributed by atoms with van der Waals surface area (Å²) in [7, 11) is 1.76. The zero-order chi connectivity index (χ0) is 15.0. The van der Waals surface area contributed by atoms with Crippen molar-refractivity contribution in [2.75, 3.05) is 7.05 Å². The molecule has 0 spiro atoms. The van der Waals surface area contributed by atoms with E-state index in [4.69, 9.17) is 16.6 Å². The molecule has 1 amide bonds. The minimum absolute atomic E-state index is 0.0788. The fraction of sp³-hybridized carbons (Fsp3) is 0.214. The lowest BCUT2D eigenvalue weighted by atomic mass is 10.2. The van der Waals surface area contributed by atoms with Gasteiger partial charge in [-0.1, -0.05) is 0 Å². The van der Waals surface area contributed by atoms with Crippen LogP contribution in [0.4, 0.5) is 0 Å². The third-order valence-electron chi connectivity index (χ3n) is 3.08. The summed E-state index contributed by atoms with van der Waals surface area (Å²) in [6, 6.07) is 5.25. The number of hydrogen-bond donors (Lipinski definition) is 1. The van der Waals surface area contributed by atoms with E-state index in [1.54, 1.807) is 41.5 Å². The molecule has 3 rings (SSSR count). The van der Waals surface area contributed by atoms with Gasteiger partial charge in [-0.2, -0.15) is 0 Å². The summed E-state index contributed by atoms with van der Waals surface area (Å²) in [4.78, 5) is 21.7. The molecule has 0 bridgehead atoms. The molecular formula is C14H13N3O2S2. The monoisotopic (exact) mass is 319 g/mol. The standard InChI is InChI=1S/C14H13N3O2S2/c1-8-15-10(7-21-8)6-17(2)13(18)9-3-4-11-12(5-9)19-14(20)16-11/h3-5,7H,6H2,1-2H3,(H,16,20). The smallest absolute Gasteiger partial charge is 0.266 e. The van der Waals surface area contributed by atoms with Gasteiger partial charge in [0.25, 0.3) is 10.7 Å². The van der Waals surface area contributed by atoms with Crippen LogP contribution in [-0.2, 0) is 6.54 Å². The minimum Gasteiger partial charge on any atom is -0.429 e. The molecule has 0 saturated carbocycles. The first-order chi connectivity index (χ1) is 10.0.